The Kier molecular flexibility index (Phi) is 6.55. The van der Waals surface area contributed by atoms with Gasteiger partial charge in [-0.2, -0.15) is 0 Å². The van der Waals surface area contributed by atoms with E-state index < -0.39 is 0 Å². The van der Waals surface area contributed by atoms with E-state index in [-0.39, 0.29) is 0 Å². The second-order valence-corrected chi connectivity index (χ2v) is 5.62. The third-order valence-corrected chi connectivity index (χ3v) is 3.83. The molecule has 21 heavy (non-hydrogen) atoms. The van der Waals surface area contributed by atoms with E-state index in [0.29, 0.717) is 6.04 Å². The summed E-state index contributed by atoms with van der Waals surface area (Å²) in [7, 11) is 0. The normalized spacial score (nSPS) is 12.6. The van der Waals surface area contributed by atoms with Gasteiger partial charge in [-0.3, -0.25) is 0 Å². The smallest absolute Gasteiger partial charge is 0.134 e. The number of benzene rings is 1. The number of unbranched alkanes of at least 4 members (excludes halogenated alkanes) is 3. The van der Waals surface area contributed by atoms with Crippen LogP contribution in [0.1, 0.15) is 57.3 Å². The van der Waals surface area contributed by atoms with Crippen LogP contribution in [0.2, 0.25) is 0 Å². The molecule has 2 nitrogen and oxygen atoms in total. The van der Waals surface area contributed by atoms with E-state index in [1.807, 2.05) is 18.2 Å². The molecule has 2 aromatic rings. The molecule has 114 valence electrons. The largest absolute Gasteiger partial charge is 0.459 e. The molecule has 0 radical (unpaired) electrons. The van der Waals surface area contributed by atoms with Gasteiger partial charge in [-0.1, -0.05) is 44.0 Å². The molecule has 0 aliphatic carbocycles. The monoisotopic (exact) mass is 285 g/mol. The highest BCUT2D eigenvalue weighted by Crippen LogP contribution is 2.27. The lowest BCUT2D eigenvalue weighted by Gasteiger charge is -2.16. The fourth-order valence-electron chi connectivity index (χ4n) is 2.65. The van der Waals surface area contributed by atoms with Crippen LogP contribution < -0.4 is 5.32 Å². The summed E-state index contributed by atoms with van der Waals surface area (Å²) < 4.78 is 6.03. The number of nitrogens with one attached hydrogen (secondary N) is 1. The van der Waals surface area contributed by atoms with Crippen molar-refractivity contribution in [3.05, 3.63) is 48.7 Å². The van der Waals surface area contributed by atoms with Crippen molar-refractivity contribution in [3.63, 3.8) is 0 Å². The van der Waals surface area contributed by atoms with Gasteiger partial charge in [-0.25, -0.2) is 0 Å². The standard InChI is InChI=1S/C19H27NO/c1-3-5-6-7-8-12-17(20-14-4-2)19-15-16-11-9-10-13-18(16)21-19/h3,9-11,13,15,17,20H,1,4-8,12,14H2,2H3. The molecule has 0 aliphatic rings. The minimum Gasteiger partial charge on any atom is -0.459 e. The van der Waals surface area contributed by atoms with Crippen LogP contribution >= 0.6 is 0 Å². The maximum Gasteiger partial charge on any atom is 0.134 e. The molecule has 0 aliphatic heterocycles. The average molecular weight is 285 g/mol. The molecule has 0 fully saturated rings. The van der Waals surface area contributed by atoms with Crippen molar-refractivity contribution in [1.82, 2.24) is 5.32 Å². The van der Waals surface area contributed by atoms with E-state index in [1.165, 1.54) is 24.6 Å². The molecule has 0 saturated carbocycles. The lowest BCUT2D eigenvalue weighted by Crippen LogP contribution is -2.21. The Morgan fingerprint density at radius 3 is 2.86 bits per heavy atom. The van der Waals surface area contributed by atoms with Crippen LogP contribution in [0.5, 0.6) is 0 Å². The molecule has 2 rings (SSSR count). The Labute approximate surface area is 128 Å². The van der Waals surface area contributed by atoms with Gasteiger partial charge in [-0.15, -0.1) is 6.58 Å². The minimum atomic E-state index is 0.334. The zero-order chi connectivity index (χ0) is 14.9. The van der Waals surface area contributed by atoms with Crippen molar-refractivity contribution in [1.29, 1.82) is 0 Å². The van der Waals surface area contributed by atoms with Crippen molar-refractivity contribution in [3.8, 4) is 0 Å². The number of allylic oxidation sites excluding steroid dienone is 1. The molecular formula is C19H27NO. The summed E-state index contributed by atoms with van der Waals surface area (Å²) in [5, 5.41) is 4.82. The van der Waals surface area contributed by atoms with Gasteiger partial charge >= 0.3 is 0 Å². The van der Waals surface area contributed by atoms with E-state index in [2.05, 4.69) is 37.0 Å². The van der Waals surface area contributed by atoms with Crippen LogP contribution in [0.15, 0.2) is 47.4 Å². The van der Waals surface area contributed by atoms with Gasteiger partial charge in [0.15, 0.2) is 0 Å². The van der Waals surface area contributed by atoms with Crippen LogP contribution in [0.4, 0.5) is 0 Å². The fourth-order valence-corrected chi connectivity index (χ4v) is 2.65. The first-order valence-corrected chi connectivity index (χ1v) is 8.18. The van der Waals surface area contributed by atoms with Crippen LogP contribution in [-0.2, 0) is 0 Å². The van der Waals surface area contributed by atoms with Crippen LogP contribution in [-0.4, -0.2) is 6.54 Å². The summed E-state index contributed by atoms with van der Waals surface area (Å²) in [6.07, 6.45) is 9.14. The summed E-state index contributed by atoms with van der Waals surface area (Å²) in [5.74, 6) is 1.08. The molecule has 1 aromatic heterocycles. The molecule has 0 saturated heterocycles. The maximum absolute atomic E-state index is 6.03. The first-order valence-electron chi connectivity index (χ1n) is 8.18. The predicted octanol–water partition coefficient (Wildman–Crippen LogP) is 5.61. The number of para-hydroxylation sites is 1. The Hall–Kier alpha value is -1.54. The van der Waals surface area contributed by atoms with Crippen molar-refractivity contribution in [2.45, 2.75) is 51.5 Å². The first-order chi connectivity index (χ1) is 10.3. The van der Waals surface area contributed by atoms with Crippen molar-refractivity contribution in [2.24, 2.45) is 0 Å². The van der Waals surface area contributed by atoms with Gasteiger partial charge in [-0.05, 0) is 44.4 Å². The van der Waals surface area contributed by atoms with Crippen molar-refractivity contribution >= 4 is 11.0 Å². The van der Waals surface area contributed by atoms with Crippen molar-refractivity contribution < 1.29 is 4.42 Å². The molecule has 1 atom stereocenters. The van der Waals surface area contributed by atoms with Crippen molar-refractivity contribution in [2.75, 3.05) is 6.54 Å². The number of hydrogen-bond donors (Lipinski definition) is 1. The number of rotatable bonds is 10. The third kappa shape index (κ3) is 4.75. The molecule has 0 amide bonds. The summed E-state index contributed by atoms with van der Waals surface area (Å²) in [5.41, 5.74) is 0.988. The maximum atomic E-state index is 6.03. The molecule has 2 heteroatoms. The van der Waals surface area contributed by atoms with Gasteiger partial charge < -0.3 is 9.73 Å². The van der Waals surface area contributed by atoms with Gasteiger partial charge in [0, 0.05) is 5.39 Å². The summed E-state index contributed by atoms with van der Waals surface area (Å²) in [6.45, 7) is 7.02. The summed E-state index contributed by atoms with van der Waals surface area (Å²) in [4.78, 5) is 0. The first kappa shape index (κ1) is 15.8. The lowest BCUT2D eigenvalue weighted by atomic mass is 10.0. The second kappa shape index (κ2) is 8.68. The number of furan rings is 1. The zero-order valence-electron chi connectivity index (χ0n) is 13.1. The fraction of sp³-hybridized carbons (Fsp3) is 0.474. The van der Waals surface area contributed by atoms with Gasteiger partial charge in [0.05, 0.1) is 6.04 Å². The van der Waals surface area contributed by atoms with Gasteiger partial charge in [0.2, 0.25) is 0 Å². The molecule has 0 bridgehead atoms. The van der Waals surface area contributed by atoms with E-state index in [0.717, 1.165) is 37.2 Å². The quantitative estimate of drug-likeness (QED) is 0.453. The van der Waals surface area contributed by atoms with Crippen LogP contribution in [0, 0.1) is 0 Å². The minimum absolute atomic E-state index is 0.334. The molecule has 1 heterocycles. The average Bonchev–Trinajstić information content (AvgIpc) is 2.93. The highest BCUT2D eigenvalue weighted by atomic mass is 16.3. The van der Waals surface area contributed by atoms with E-state index >= 15 is 0 Å². The Bertz CT molecular complexity index is 510. The van der Waals surface area contributed by atoms with Gasteiger partial charge in [0.25, 0.3) is 0 Å². The second-order valence-electron chi connectivity index (χ2n) is 5.62. The molecule has 1 aromatic carbocycles. The summed E-state index contributed by atoms with van der Waals surface area (Å²) in [6, 6.07) is 10.8. The summed E-state index contributed by atoms with van der Waals surface area (Å²) >= 11 is 0. The highest BCUT2D eigenvalue weighted by molar-refractivity contribution is 5.77. The number of fused-ring (bicyclic) bond motifs is 1. The van der Waals surface area contributed by atoms with Crippen LogP contribution in [0.25, 0.3) is 11.0 Å². The molecular weight excluding hydrogens is 258 g/mol. The Balaban J connectivity index is 1.98. The zero-order valence-corrected chi connectivity index (χ0v) is 13.1. The van der Waals surface area contributed by atoms with E-state index in [4.69, 9.17) is 4.42 Å². The van der Waals surface area contributed by atoms with E-state index in [1.54, 1.807) is 0 Å². The SMILES string of the molecule is C=CCCCCCC(NCCC)c1cc2ccccc2o1. The Morgan fingerprint density at radius 2 is 2.10 bits per heavy atom. The lowest BCUT2D eigenvalue weighted by molar-refractivity contribution is 0.398. The highest BCUT2D eigenvalue weighted by Gasteiger charge is 2.15. The molecule has 0 spiro atoms. The third-order valence-electron chi connectivity index (χ3n) is 3.83. The van der Waals surface area contributed by atoms with E-state index in [9.17, 15) is 0 Å². The van der Waals surface area contributed by atoms with Crippen LogP contribution in [0.3, 0.4) is 0 Å². The number of hydrogen-bond acceptors (Lipinski definition) is 2. The predicted molar refractivity (Wildman–Crippen MR) is 90.5 cm³/mol. The molecule has 1 N–H and O–H groups in total. The topological polar surface area (TPSA) is 25.2 Å². The Morgan fingerprint density at radius 1 is 1.24 bits per heavy atom. The van der Waals surface area contributed by atoms with Gasteiger partial charge in [0.1, 0.15) is 11.3 Å². The molecule has 1 unspecified atom stereocenters.